The molecule has 21 heavy (non-hydrogen) atoms. The average molecular weight is 287 g/mol. The molecule has 2 unspecified atom stereocenters. The predicted molar refractivity (Wildman–Crippen MR) is 80.7 cm³/mol. The summed E-state index contributed by atoms with van der Waals surface area (Å²) in [5, 5.41) is 3.20. The third-order valence-electron chi connectivity index (χ3n) is 4.73. The lowest BCUT2D eigenvalue weighted by Gasteiger charge is -2.38. The quantitative estimate of drug-likeness (QED) is 0.851. The second-order valence-corrected chi connectivity index (χ2v) is 6.09. The highest BCUT2D eigenvalue weighted by atomic mass is 16.2. The van der Waals surface area contributed by atoms with Gasteiger partial charge in [0.05, 0.1) is 5.92 Å². The number of para-hydroxylation sites is 1. The van der Waals surface area contributed by atoms with E-state index >= 15 is 0 Å². The maximum Gasteiger partial charge on any atom is 0.230 e. The van der Waals surface area contributed by atoms with E-state index in [4.69, 9.17) is 5.73 Å². The molecule has 5 heteroatoms. The zero-order valence-corrected chi connectivity index (χ0v) is 12.2. The number of fused-ring (bicyclic) bond motifs is 1. The van der Waals surface area contributed by atoms with Crippen LogP contribution in [0.15, 0.2) is 24.3 Å². The molecule has 112 valence electrons. The van der Waals surface area contributed by atoms with Gasteiger partial charge in [-0.3, -0.25) is 9.59 Å². The van der Waals surface area contributed by atoms with Gasteiger partial charge in [-0.1, -0.05) is 25.1 Å². The van der Waals surface area contributed by atoms with Crippen LogP contribution in [-0.2, 0) is 16.0 Å². The Bertz CT molecular complexity index is 568. The molecule has 1 fully saturated rings. The number of benzene rings is 1. The first-order valence-electron chi connectivity index (χ1n) is 7.47. The number of amides is 2. The van der Waals surface area contributed by atoms with Crippen molar-refractivity contribution in [1.82, 2.24) is 5.32 Å². The molecule has 1 aromatic rings. The number of hydrogen-bond donors (Lipinski definition) is 2. The summed E-state index contributed by atoms with van der Waals surface area (Å²) in [5.74, 6) is -0.180. The Balaban J connectivity index is 1.88. The number of carbonyl (C=O) groups is 2. The molecule has 0 saturated carbocycles. The van der Waals surface area contributed by atoms with E-state index < -0.39 is 0 Å². The SMILES string of the molecule is CC(C(=O)N1CC(C(N)=O)Cc2ccccc21)C1CNC1. The highest BCUT2D eigenvalue weighted by Gasteiger charge is 2.36. The molecule has 2 aliphatic rings. The molecule has 0 aromatic heterocycles. The van der Waals surface area contributed by atoms with E-state index in [1.807, 2.05) is 31.2 Å². The standard InChI is InChI=1S/C16H21N3O2/c1-10(13-7-18-8-13)16(21)19-9-12(15(17)20)6-11-4-2-3-5-14(11)19/h2-5,10,12-13,18H,6-9H2,1H3,(H2,17,20). The number of carbonyl (C=O) groups excluding carboxylic acids is 2. The third-order valence-corrected chi connectivity index (χ3v) is 4.73. The van der Waals surface area contributed by atoms with E-state index in [2.05, 4.69) is 5.32 Å². The molecule has 1 saturated heterocycles. The number of hydrogen-bond acceptors (Lipinski definition) is 3. The Morgan fingerprint density at radius 1 is 1.33 bits per heavy atom. The number of rotatable bonds is 3. The molecule has 3 rings (SSSR count). The van der Waals surface area contributed by atoms with Crippen LogP contribution in [0.3, 0.4) is 0 Å². The minimum atomic E-state index is -0.333. The number of anilines is 1. The average Bonchev–Trinajstić information content (AvgIpc) is 2.43. The zero-order valence-electron chi connectivity index (χ0n) is 12.2. The summed E-state index contributed by atoms with van der Waals surface area (Å²) in [4.78, 5) is 26.1. The van der Waals surface area contributed by atoms with Crippen LogP contribution < -0.4 is 16.0 Å². The lowest BCUT2D eigenvalue weighted by Crippen LogP contribution is -2.53. The minimum Gasteiger partial charge on any atom is -0.369 e. The van der Waals surface area contributed by atoms with Gasteiger partial charge in [-0.05, 0) is 37.1 Å². The van der Waals surface area contributed by atoms with E-state index in [0.29, 0.717) is 18.9 Å². The van der Waals surface area contributed by atoms with Crippen molar-refractivity contribution in [3.05, 3.63) is 29.8 Å². The van der Waals surface area contributed by atoms with Gasteiger partial charge in [0.2, 0.25) is 11.8 Å². The number of nitrogens with one attached hydrogen (secondary N) is 1. The molecule has 0 aliphatic carbocycles. The van der Waals surface area contributed by atoms with Crippen molar-refractivity contribution in [1.29, 1.82) is 0 Å². The highest BCUT2D eigenvalue weighted by Crippen LogP contribution is 2.32. The molecule has 2 aliphatic heterocycles. The zero-order chi connectivity index (χ0) is 15.0. The smallest absolute Gasteiger partial charge is 0.230 e. The Morgan fingerprint density at radius 3 is 2.67 bits per heavy atom. The van der Waals surface area contributed by atoms with Crippen molar-refractivity contribution in [3.8, 4) is 0 Å². The fourth-order valence-electron chi connectivity index (χ4n) is 3.11. The molecule has 0 bridgehead atoms. The maximum atomic E-state index is 12.8. The van der Waals surface area contributed by atoms with Gasteiger partial charge in [0.25, 0.3) is 0 Å². The van der Waals surface area contributed by atoms with Gasteiger partial charge in [0, 0.05) is 18.2 Å². The van der Waals surface area contributed by atoms with E-state index in [1.165, 1.54) is 0 Å². The molecule has 2 atom stereocenters. The molecular formula is C16H21N3O2. The molecule has 2 amide bonds. The molecule has 2 heterocycles. The normalized spacial score (nSPS) is 23.1. The van der Waals surface area contributed by atoms with Crippen LogP contribution in [0.25, 0.3) is 0 Å². The summed E-state index contributed by atoms with van der Waals surface area (Å²) in [6.07, 6.45) is 0.620. The molecule has 1 aromatic carbocycles. The van der Waals surface area contributed by atoms with Crippen LogP contribution in [-0.4, -0.2) is 31.4 Å². The summed E-state index contributed by atoms with van der Waals surface area (Å²) < 4.78 is 0. The maximum absolute atomic E-state index is 12.8. The van der Waals surface area contributed by atoms with Crippen LogP contribution in [0.2, 0.25) is 0 Å². The van der Waals surface area contributed by atoms with Gasteiger partial charge in [-0.15, -0.1) is 0 Å². The Hall–Kier alpha value is -1.88. The van der Waals surface area contributed by atoms with Gasteiger partial charge in [0.15, 0.2) is 0 Å². The number of primary amides is 1. The summed E-state index contributed by atoms with van der Waals surface area (Å²) in [6.45, 7) is 4.16. The van der Waals surface area contributed by atoms with Crippen LogP contribution in [0, 0.1) is 17.8 Å². The van der Waals surface area contributed by atoms with Crippen LogP contribution in [0.1, 0.15) is 12.5 Å². The van der Waals surface area contributed by atoms with E-state index in [0.717, 1.165) is 24.3 Å². The topological polar surface area (TPSA) is 75.4 Å². The lowest BCUT2D eigenvalue weighted by atomic mass is 9.85. The van der Waals surface area contributed by atoms with Gasteiger partial charge in [-0.2, -0.15) is 0 Å². The molecule has 0 radical (unpaired) electrons. The first kappa shape index (κ1) is 14.1. The van der Waals surface area contributed by atoms with Gasteiger partial charge < -0.3 is 16.0 Å². The summed E-state index contributed by atoms with van der Waals surface area (Å²) in [5.41, 5.74) is 7.43. The van der Waals surface area contributed by atoms with Gasteiger partial charge in [0.1, 0.15) is 0 Å². The molecular weight excluding hydrogens is 266 g/mol. The van der Waals surface area contributed by atoms with Crippen LogP contribution >= 0.6 is 0 Å². The van der Waals surface area contributed by atoms with Crippen molar-refractivity contribution in [2.75, 3.05) is 24.5 Å². The van der Waals surface area contributed by atoms with Crippen molar-refractivity contribution in [3.63, 3.8) is 0 Å². The number of nitrogens with two attached hydrogens (primary N) is 1. The van der Waals surface area contributed by atoms with E-state index in [1.54, 1.807) is 4.90 Å². The second kappa shape index (κ2) is 5.48. The molecule has 5 nitrogen and oxygen atoms in total. The van der Waals surface area contributed by atoms with Crippen LogP contribution in [0.4, 0.5) is 5.69 Å². The van der Waals surface area contributed by atoms with Crippen molar-refractivity contribution >= 4 is 17.5 Å². The Labute approximate surface area is 124 Å². The third kappa shape index (κ3) is 2.53. The Morgan fingerprint density at radius 2 is 2.05 bits per heavy atom. The summed E-state index contributed by atoms with van der Waals surface area (Å²) in [7, 11) is 0. The first-order valence-corrected chi connectivity index (χ1v) is 7.47. The largest absolute Gasteiger partial charge is 0.369 e. The van der Waals surface area contributed by atoms with Gasteiger partial charge in [-0.25, -0.2) is 0 Å². The predicted octanol–water partition coefficient (Wildman–Crippen LogP) is 0.533. The van der Waals surface area contributed by atoms with Crippen LogP contribution in [0.5, 0.6) is 0 Å². The second-order valence-electron chi connectivity index (χ2n) is 6.09. The van der Waals surface area contributed by atoms with Crippen molar-refractivity contribution < 1.29 is 9.59 Å². The minimum absolute atomic E-state index is 0.0362. The Kier molecular flexibility index (Phi) is 3.68. The first-order chi connectivity index (χ1) is 10.1. The van der Waals surface area contributed by atoms with E-state index in [9.17, 15) is 9.59 Å². The fourth-order valence-corrected chi connectivity index (χ4v) is 3.11. The summed E-state index contributed by atoms with van der Waals surface area (Å²) in [6, 6.07) is 7.79. The highest BCUT2D eigenvalue weighted by molar-refractivity contribution is 5.97. The summed E-state index contributed by atoms with van der Waals surface area (Å²) >= 11 is 0. The molecule has 0 spiro atoms. The van der Waals surface area contributed by atoms with Crippen molar-refractivity contribution in [2.24, 2.45) is 23.5 Å². The fraction of sp³-hybridized carbons (Fsp3) is 0.500. The van der Waals surface area contributed by atoms with Crippen molar-refractivity contribution in [2.45, 2.75) is 13.3 Å². The van der Waals surface area contributed by atoms with Gasteiger partial charge >= 0.3 is 0 Å². The molecule has 3 N–H and O–H groups in total. The van der Waals surface area contributed by atoms with E-state index in [-0.39, 0.29) is 23.7 Å². The lowest BCUT2D eigenvalue weighted by molar-refractivity contribution is -0.125. The number of nitrogens with zero attached hydrogens (tertiary/aromatic N) is 1. The monoisotopic (exact) mass is 287 g/mol.